The van der Waals surface area contributed by atoms with Gasteiger partial charge in [0.1, 0.15) is 0 Å². The molecule has 4 unspecified atom stereocenters. The summed E-state index contributed by atoms with van der Waals surface area (Å²) in [5.41, 5.74) is 1.58. The molecular formula is C21H24O7. The number of benzene rings is 2. The Morgan fingerprint density at radius 2 is 1.46 bits per heavy atom. The summed E-state index contributed by atoms with van der Waals surface area (Å²) < 4.78 is 16.0. The maximum Gasteiger partial charge on any atom is 0.282 e. The van der Waals surface area contributed by atoms with E-state index in [0.29, 0.717) is 11.5 Å². The Kier molecular flexibility index (Phi) is 4.61. The van der Waals surface area contributed by atoms with Gasteiger partial charge in [-0.15, -0.1) is 0 Å². The van der Waals surface area contributed by atoms with Gasteiger partial charge in [0, 0.05) is 5.92 Å². The van der Waals surface area contributed by atoms with Crippen LogP contribution in [-0.4, -0.2) is 40.6 Å². The number of hydrogen-bond donors (Lipinski definition) is 4. The Bertz CT molecular complexity index is 828. The molecule has 2 fully saturated rings. The third-order valence-electron chi connectivity index (χ3n) is 5.99. The summed E-state index contributed by atoms with van der Waals surface area (Å²) >= 11 is 0. The molecule has 150 valence electrons. The van der Waals surface area contributed by atoms with Crippen molar-refractivity contribution < 1.29 is 34.6 Å². The van der Waals surface area contributed by atoms with Crippen LogP contribution in [0.5, 0.6) is 23.0 Å². The highest BCUT2D eigenvalue weighted by Gasteiger charge is 2.60. The van der Waals surface area contributed by atoms with Crippen LogP contribution in [0.25, 0.3) is 0 Å². The molecular weight excluding hydrogens is 364 g/mol. The van der Waals surface area contributed by atoms with Gasteiger partial charge in [-0.1, -0.05) is 12.1 Å². The zero-order valence-corrected chi connectivity index (χ0v) is 15.7. The van der Waals surface area contributed by atoms with Crippen LogP contribution in [-0.2, 0) is 4.74 Å². The van der Waals surface area contributed by atoms with Crippen LogP contribution in [0.15, 0.2) is 36.4 Å². The quantitative estimate of drug-likeness (QED) is 0.596. The molecule has 0 bridgehead atoms. The first kappa shape index (κ1) is 18.9. The van der Waals surface area contributed by atoms with Crippen molar-refractivity contribution in [2.75, 3.05) is 14.2 Å². The summed E-state index contributed by atoms with van der Waals surface area (Å²) in [6, 6.07) is 9.94. The number of ether oxygens (including phenoxy) is 3. The van der Waals surface area contributed by atoms with Crippen LogP contribution in [0.2, 0.25) is 0 Å². The fourth-order valence-electron chi connectivity index (χ4n) is 4.75. The summed E-state index contributed by atoms with van der Waals surface area (Å²) in [6.07, 6.45) is 0.967. The molecule has 1 heterocycles. The van der Waals surface area contributed by atoms with Crippen molar-refractivity contribution in [2.45, 2.75) is 30.8 Å². The summed E-state index contributed by atoms with van der Waals surface area (Å²) in [4.78, 5) is 0. The normalized spacial score (nSPS) is 28.1. The summed E-state index contributed by atoms with van der Waals surface area (Å²) in [7, 11) is 2.94. The standard InChI is InChI=1S/C21H24O7/c1-26-17-9-11(3-7-15(17)22)13-5-6-14-19(13)21(24,25)28-20(14)12-4-8-16(23)18(10-12)27-2/h3-4,7-10,13-14,19-20,22-25H,5-6H2,1-2H3. The van der Waals surface area contributed by atoms with Gasteiger partial charge in [-0.2, -0.15) is 0 Å². The minimum atomic E-state index is -2.28. The van der Waals surface area contributed by atoms with Crippen molar-refractivity contribution in [3.8, 4) is 23.0 Å². The van der Waals surface area contributed by atoms with Crippen LogP contribution < -0.4 is 9.47 Å². The Labute approximate surface area is 162 Å². The number of fused-ring (bicyclic) bond motifs is 1. The molecule has 0 radical (unpaired) electrons. The molecule has 7 nitrogen and oxygen atoms in total. The maximum atomic E-state index is 10.7. The summed E-state index contributed by atoms with van der Waals surface area (Å²) in [5.74, 6) is -2.38. The highest BCUT2D eigenvalue weighted by atomic mass is 16.8. The molecule has 4 N–H and O–H groups in total. The minimum absolute atomic E-state index is 0.0144. The zero-order chi connectivity index (χ0) is 20.1. The van der Waals surface area contributed by atoms with Crippen molar-refractivity contribution in [1.82, 2.24) is 0 Å². The third-order valence-corrected chi connectivity index (χ3v) is 5.99. The van der Waals surface area contributed by atoms with Gasteiger partial charge in [0.05, 0.1) is 26.2 Å². The molecule has 1 saturated heterocycles. The number of methoxy groups -OCH3 is 2. The van der Waals surface area contributed by atoms with E-state index in [2.05, 4.69) is 0 Å². The molecule has 2 aromatic carbocycles. The van der Waals surface area contributed by atoms with Crippen LogP contribution in [0.3, 0.4) is 0 Å². The molecule has 0 spiro atoms. The third kappa shape index (κ3) is 2.96. The molecule has 7 heteroatoms. The van der Waals surface area contributed by atoms with E-state index < -0.39 is 18.0 Å². The number of aromatic hydroxyl groups is 2. The highest BCUT2D eigenvalue weighted by molar-refractivity contribution is 5.45. The van der Waals surface area contributed by atoms with Crippen molar-refractivity contribution in [3.63, 3.8) is 0 Å². The smallest absolute Gasteiger partial charge is 0.282 e. The largest absolute Gasteiger partial charge is 0.504 e. The van der Waals surface area contributed by atoms with Crippen LogP contribution in [0, 0.1) is 11.8 Å². The second-order valence-electron chi connectivity index (χ2n) is 7.43. The number of phenols is 2. The van der Waals surface area contributed by atoms with Gasteiger partial charge in [-0.05, 0) is 54.2 Å². The maximum absolute atomic E-state index is 10.7. The van der Waals surface area contributed by atoms with Gasteiger partial charge in [-0.25, -0.2) is 0 Å². The fourth-order valence-corrected chi connectivity index (χ4v) is 4.75. The van der Waals surface area contributed by atoms with E-state index in [9.17, 15) is 20.4 Å². The molecule has 4 atom stereocenters. The Morgan fingerprint density at radius 1 is 0.893 bits per heavy atom. The van der Waals surface area contributed by atoms with Crippen molar-refractivity contribution in [1.29, 1.82) is 0 Å². The second-order valence-corrected chi connectivity index (χ2v) is 7.43. The van der Waals surface area contributed by atoms with Gasteiger partial charge in [0.25, 0.3) is 5.97 Å². The SMILES string of the molecule is COc1cc(C2CCC3C(c4ccc(O)c(OC)c4)OC(O)(O)C23)ccc1O. The molecule has 4 rings (SSSR count). The van der Waals surface area contributed by atoms with Gasteiger partial charge < -0.3 is 34.6 Å². The predicted octanol–water partition coefficient (Wildman–Crippen LogP) is 2.63. The van der Waals surface area contributed by atoms with E-state index in [1.807, 2.05) is 0 Å². The van der Waals surface area contributed by atoms with E-state index in [-0.39, 0.29) is 23.3 Å². The Hall–Kier alpha value is -2.48. The monoisotopic (exact) mass is 388 g/mol. The Balaban J connectivity index is 1.68. The molecule has 2 aliphatic rings. The molecule has 0 aromatic heterocycles. The second kappa shape index (κ2) is 6.84. The lowest BCUT2D eigenvalue weighted by Gasteiger charge is -2.27. The van der Waals surface area contributed by atoms with Crippen LogP contribution in [0.1, 0.15) is 36.0 Å². The van der Waals surface area contributed by atoms with Gasteiger partial charge >= 0.3 is 0 Å². The lowest BCUT2D eigenvalue weighted by atomic mass is 9.81. The molecule has 2 aromatic rings. The fraction of sp³-hybridized carbons (Fsp3) is 0.429. The highest BCUT2D eigenvalue weighted by Crippen LogP contribution is 2.59. The zero-order valence-electron chi connectivity index (χ0n) is 15.7. The number of rotatable bonds is 4. The molecule has 0 amide bonds. The first-order valence-electron chi connectivity index (χ1n) is 9.22. The molecule has 1 aliphatic carbocycles. The van der Waals surface area contributed by atoms with Crippen molar-refractivity contribution in [2.24, 2.45) is 11.8 Å². The van der Waals surface area contributed by atoms with Crippen molar-refractivity contribution in [3.05, 3.63) is 47.5 Å². The van der Waals surface area contributed by atoms with Crippen LogP contribution in [0.4, 0.5) is 0 Å². The van der Waals surface area contributed by atoms with Gasteiger partial charge in [0.2, 0.25) is 0 Å². The van der Waals surface area contributed by atoms with Gasteiger partial charge in [0.15, 0.2) is 23.0 Å². The minimum Gasteiger partial charge on any atom is -0.504 e. The number of phenolic OH excluding ortho intramolecular Hbond substituents is 2. The number of aliphatic hydroxyl groups is 2. The topological polar surface area (TPSA) is 109 Å². The predicted molar refractivity (Wildman–Crippen MR) is 99.3 cm³/mol. The summed E-state index contributed by atoms with van der Waals surface area (Å²) in [5, 5.41) is 41.0. The van der Waals surface area contributed by atoms with E-state index in [0.717, 1.165) is 24.0 Å². The van der Waals surface area contributed by atoms with E-state index in [1.165, 1.54) is 20.3 Å². The van der Waals surface area contributed by atoms with Gasteiger partial charge in [-0.3, -0.25) is 0 Å². The van der Waals surface area contributed by atoms with Crippen molar-refractivity contribution >= 4 is 0 Å². The first-order chi connectivity index (χ1) is 13.4. The number of hydrogen-bond acceptors (Lipinski definition) is 7. The van der Waals surface area contributed by atoms with E-state index in [4.69, 9.17) is 14.2 Å². The first-order valence-corrected chi connectivity index (χ1v) is 9.22. The average Bonchev–Trinajstić information content (AvgIpc) is 3.23. The lowest BCUT2D eigenvalue weighted by Crippen LogP contribution is -2.37. The Morgan fingerprint density at radius 3 is 2.07 bits per heavy atom. The van der Waals surface area contributed by atoms with Crippen LogP contribution >= 0.6 is 0 Å². The summed E-state index contributed by atoms with van der Waals surface area (Å²) in [6.45, 7) is 0. The van der Waals surface area contributed by atoms with E-state index >= 15 is 0 Å². The molecule has 1 saturated carbocycles. The lowest BCUT2D eigenvalue weighted by molar-refractivity contribution is -0.348. The van der Waals surface area contributed by atoms with E-state index in [1.54, 1.807) is 30.3 Å². The molecule has 1 aliphatic heterocycles. The molecule has 28 heavy (non-hydrogen) atoms. The average molecular weight is 388 g/mol.